The van der Waals surface area contributed by atoms with Crippen LogP contribution in [0.4, 0.5) is 4.39 Å². The van der Waals surface area contributed by atoms with Crippen molar-refractivity contribution in [2.24, 2.45) is 0 Å². The summed E-state index contributed by atoms with van der Waals surface area (Å²) in [5.41, 5.74) is 1.49. The van der Waals surface area contributed by atoms with E-state index in [1.807, 2.05) is 18.4 Å². The molecular formula is C14H14FNOS. The Hall–Kier alpha value is -1.68. The zero-order valence-electron chi connectivity index (χ0n) is 10.3. The van der Waals surface area contributed by atoms with Crippen LogP contribution >= 0.6 is 11.3 Å². The first-order valence-corrected chi connectivity index (χ1v) is 6.50. The number of amides is 1. The highest BCUT2D eigenvalue weighted by atomic mass is 32.1. The van der Waals surface area contributed by atoms with E-state index in [2.05, 4.69) is 0 Å². The van der Waals surface area contributed by atoms with Crippen LogP contribution in [-0.2, 0) is 6.54 Å². The zero-order chi connectivity index (χ0) is 13.1. The monoisotopic (exact) mass is 263 g/mol. The number of carbonyl (C=O) groups is 1. The maximum Gasteiger partial charge on any atom is 0.264 e. The number of hydrogen-bond donors (Lipinski definition) is 0. The molecule has 0 aliphatic carbocycles. The number of nitrogens with zero attached hydrogens (tertiary/aromatic N) is 1. The minimum atomic E-state index is -0.278. The second-order valence-electron chi connectivity index (χ2n) is 4.19. The van der Waals surface area contributed by atoms with Crippen LogP contribution in [0, 0.1) is 12.7 Å². The molecule has 0 atom stereocenters. The van der Waals surface area contributed by atoms with Crippen molar-refractivity contribution >= 4 is 17.2 Å². The zero-order valence-corrected chi connectivity index (χ0v) is 11.1. The lowest BCUT2D eigenvalue weighted by Crippen LogP contribution is -2.26. The van der Waals surface area contributed by atoms with Crippen molar-refractivity contribution in [2.45, 2.75) is 13.5 Å². The third kappa shape index (κ3) is 2.59. The predicted molar refractivity (Wildman–Crippen MR) is 71.3 cm³/mol. The number of hydrogen-bond acceptors (Lipinski definition) is 2. The topological polar surface area (TPSA) is 20.3 Å². The number of aryl methyl sites for hydroxylation is 1. The molecule has 0 saturated heterocycles. The summed E-state index contributed by atoms with van der Waals surface area (Å²) in [6.45, 7) is 2.18. The Labute approximate surface area is 110 Å². The molecule has 2 nitrogen and oxygen atoms in total. The van der Waals surface area contributed by atoms with Crippen LogP contribution in [0.1, 0.15) is 20.8 Å². The first-order chi connectivity index (χ1) is 8.59. The largest absolute Gasteiger partial charge is 0.337 e. The van der Waals surface area contributed by atoms with Gasteiger partial charge >= 0.3 is 0 Å². The molecule has 94 valence electrons. The fourth-order valence-electron chi connectivity index (χ4n) is 1.72. The van der Waals surface area contributed by atoms with Gasteiger partial charge in [0.2, 0.25) is 0 Å². The van der Waals surface area contributed by atoms with E-state index in [0.29, 0.717) is 10.4 Å². The molecular weight excluding hydrogens is 249 g/mol. The van der Waals surface area contributed by atoms with Crippen LogP contribution in [0.3, 0.4) is 0 Å². The highest BCUT2D eigenvalue weighted by Gasteiger charge is 2.16. The van der Waals surface area contributed by atoms with Crippen molar-refractivity contribution in [3.05, 3.63) is 57.5 Å². The van der Waals surface area contributed by atoms with Crippen LogP contribution in [0.2, 0.25) is 0 Å². The molecule has 0 bridgehead atoms. The van der Waals surface area contributed by atoms with Crippen molar-refractivity contribution in [1.82, 2.24) is 4.90 Å². The van der Waals surface area contributed by atoms with Gasteiger partial charge in [-0.25, -0.2) is 4.39 Å². The molecule has 2 aromatic rings. The maximum atomic E-state index is 13.5. The van der Waals surface area contributed by atoms with E-state index in [0.717, 1.165) is 5.56 Å². The first kappa shape index (κ1) is 12.8. The molecule has 1 amide bonds. The first-order valence-electron chi connectivity index (χ1n) is 5.62. The highest BCUT2D eigenvalue weighted by molar-refractivity contribution is 7.12. The average molecular weight is 263 g/mol. The molecule has 0 N–H and O–H groups in total. The van der Waals surface area contributed by atoms with Gasteiger partial charge in [-0.05, 0) is 30.0 Å². The summed E-state index contributed by atoms with van der Waals surface area (Å²) >= 11 is 1.42. The standard InChI is InChI=1S/C14H14FNOS/c1-10-7-8-18-13(10)14(17)16(2)9-11-5-3-4-6-12(11)15/h3-8H,9H2,1-2H3. The van der Waals surface area contributed by atoms with Crippen molar-refractivity contribution in [3.63, 3.8) is 0 Å². The summed E-state index contributed by atoms with van der Waals surface area (Å²) in [5.74, 6) is -0.342. The molecule has 1 aromatic carbocycles. The van der Waals surface area contributed by atoms with Crippen LogP contribution in [0.25, 0.3) is 0 Å². The number of thiophene rings is 1. The summed E-state index contributed by atoms with van der Waals surface area (Å²) in [7, 11) is 1.69. The fraction of sp³-hybridized carbons (Fsp3) is 0.214. The van der Waals surface area contributed by atoms with E-state index in [1.165, 1.54) is 22.3 Å². The fourth-order valence-corrected chi connectivity index (χ4v) is 2.64. The lowest BCUT2D eigenvalue weighted by Gasteiger charge is -2.17. The Morgan fingerprint density at radius 1 is 1.33 bits per heavy atom. The van der Waals surface area contributed by atoms with E-state index in [1.54, 1.807) is 25.2 Å². The van der Waals surface area contributed by atoms with Gasteiger partial charge < -0.3 is 4.90 Å². The van der Waals surface area contributed by atoms with Gasteiger partial charge in [-0.15, -0.1) is 11.3 Å². The second-order valence-corrected chi connectivity index (χ2v) is 5.10. The molecule has 2 rings (SSSR count). The van der Waals surface area contributed by atoms with Crippen LogP contribution < -0.4 is 0 Å². The molecule has 0 fully saturated rings. The number of carbonyl (C=O) groups excluding carboxylic acids is 1. The van der Waals surface area contributed by atoms with Gasteiger partial charge in [0, 0.05) is 19.2 Å². The molecule has 0 unspecified atom stereocenters. The van der Waals surface area contributed by atoms with Gasteiger partial charge in [0.05, 0.1) is 4.88 Å². The van der Waals surface area contributed by atoms with Crippen molar-refractivity contribution in [3.8, 4) is 0 Å². The molecule has 0 saturated carbocycles. The average Bonchev–Trinajstić information content (AvgIpc) is 2.77. The van der Waals surface area contributed by atoms with Crippen molar-refractivity contribution < 1.29 is 9.18 Å². The van der Waals surface area contributed by atoms with Gasteiger partial charge in [0.15, 0.2) is 0 Å². The van der Waals surface area contributed by atoms with Crippen LogP contribution in [0.15, 0.2) is 35.7 Å². The smallest absolute Gasteiger partial charge is 0.264 e. The summed E-state index contributed by atoms with van der Waals surface area (Å²) in [6.07, 6.45) is 0. The molecule has 4 heteroatoms. The molecule has 0 radical (unpaired) electrons. The minimum absolute atomic E-state index is 0.0641. The normalized spacial score (nSPS) is 10.4. The number of benzene rings is 1. The molecule has 0 aliphatic rings. The summed E-state index contributed by atoms with van der Waals surface area (Å²) in [4.78, 5) is 14.4. The lowest BCUT2D eigenvalue weighted by atomic mass is 10.2. The van der Waals surface area contributed by atoms with E-state index in [4.69, 9.17) is 0 Å². The summed E-state index contributed by atoms with van der Waals surface area (Å²) in [5, 5.41) is 1.89. The van der Waals surface area contributed by atoms with Gasteiger partial charge in [-0.1, -0.05) is 18.2 Å². The third-order valence-corrected chi connectivity index (χ3v) is 3.77. The molecule has 18 heavy (non-hydrogen) atoms. The second kappa shape index (κ2) is 5.31. The van der Waals surface area contributed by atoms with Crippen LogP contribution in [0.5, 0.6) is 0 Å². The van der Waals surface area contributed by atoms with Gasteiger partial charge in [-0.3, -0.25) is 4.79 Å². The van der Waals surface area contributed by atoms with Gasteiger partial charge in [0.25, 0.3) is 5.91 Å². The Morgan fingerprint density at radius 3 is 2.67 bits per heavy atom. The maximum absolute atomic E-state index is 13.5. The highest BCUT2D eigenvalue weighted by Crippen LogP contribution is 2.19. The summed E-state index contributed by atoms with van der Waals surface area (Å²) in [6, 6.07) is 8.43. The number of rotatable bonds is 3. The Kier molecular flexibility index (Phi) is 3.77. The molecule has 1 heterocycles. The van der Waals surface area contributed by atoms with E-state index in [-0.39, 0.29) is 18.3 Å². The molecule has 0 spiro atoms. The summed E-state index contributed by atoms with van der Waals surface area (Å²) < 4.78 is 13.5. The van der Waals surface area contributed by atoms with Crippen molar-refractivity contribution in [2.75, 3.05) is 7.05 Å². The lowest BCUT2D eigenvalue weighted by molar-refractivity contribution is 0.0788. The van der Waals surface area contributed by atoms with Crippen molar-refractivity contribution in [1.29, 1.82) is 0 Å². The van der Waals surface area contributed by atoms with E-state index >= 15 is 0 Å². The van der Waals surface area contributed by atoms with E-state index < -0.39 is 0 Å². The Bertz CT molecular complexity index is 564. The predicted octanol–water partition coefficient (Wildman–Crippen LogP) is 3.47. The van der Waals surface area contributed by atoms with Gasteiger partial charge in [-0.2, -0.15) is 0 Å². The van der Waals surface area contributed by atoms with E-state index in [9.17, 15) is 9.18 Å². The Balaban J connectivity index is 2.14. The molecule has 0 aliphatic heterocycles. The SMILES string of the molecule is Cc1ccsc1C(=O)N(C)Cc1ccccc1F. The van der Waals surface area contributed by atoms with Crippen LogP contribution in [-0.4, -0.2) is 17.9 Å². The minimum Gasteiger partial charge on any atom is -0.337 e. The Morgan fingerprint density at radius 2 is 2.06 bits per heavy atom. The third-order valence-electron chi connectivity index (χ3n) is 2.77. The van der Waals surface area contributed by atoms with Gasteiger partial charge in [0.1, 0.15) is 5.82 Å². The number of halogens is 1. The molecule has 1 aromatic heterocycles. The quantitative estimate of drug-likeness (QED) is 0.830.